The van der Waals surface area contributed by atoms with Crippen molar-refractivity contribution in [2.24, 2.45) is 0 Å². The first-order chi connectivity index (χ1) is 13.9. The first-order valence-electron chi connectivity index (χ1n) is 8.97. The second kappa shape index (κ2) is 7.48. The molecule has 0 spiro atoms. The Morgan fingerprint density at radius 1 is 0.966 bits per heavy atom. The van der Waals surface area contributed by atoms with E-state index in [2.05, 4.69) is 20.0 Å². The Balaban J connectivity index is 1.57. The summed E-state index contributed by atoms with van der Waals surface area (Å²) in [6.45, 7) is 3.80. The average molecular weight is 405 g/mol. The molecule has 0 radical (unpaired) electrons. The number of anilines is 1. The molecular formula is C21H19N5O2S. The summed E-state index contributed by atoms with van der Waals surface area (Å²) in [6.07, 6.45) is 1.57. The van der Waals surface area contributed by atoms with Gasteiger partial charge in [-0.25, -0.2) is 8.42 Å². The van der Waals surface area contributed by atoms with Gasteiger partial charge in [-0.15, -0.1) is 10.2 Å². The van der Waals surface area contributed by atoms with Crippen LogP contribution in [-0.4, -0.2) is 28.2 Å². The highest BCUT2D eigenvalue weighted by Gasteiger charge is 2.09. The number of nitrogens with one attached hydrogen (secondary N) is 1. The fourth-order valence-corrected chi connectivity index (χ4v) is 3.70. The molecule has 4 aromatic rings. The summed E-state index contributed by atoms with van der Waals surface area (Å²) in [4.78, 5) is 0. The zero-order chi connectivity index (χ0) is 20.4. The Morgan fingerprint density at radius 3 is 2.55 bits per heavy atom. The van der Waals surface area contributed by atoms with Crippen LogP contribution in [0, 0.1) is 13.8 Å². The van der Waals surface area contributed by atoms with Gasteiger partial charge < -0.3 is 0 Å². The summed E-state index contributed by atoms with van der Waals surface area (Å²) >= 11 is 0. The lowest BCUT2D eigenvalue weighted by Gasteiger charge is -2.07. The van der Waals surface area contributed by atoms with Crippen molar-refractivity contribution >= 4 is 27.4 Å². The van der Waals surface area contributed by atoms with E-state index >= 15 is 0 Å². The van der Waals surface area contributed by atoms with Gasteiger partial charge in [0.2, 0.25) is 0 Å². The predicted molar refractivity (Wildman–Crippen MR) is 114 cm³/mol. The number of fused-ring (bicyclic) bond motifs is 1. The third-order valence-corrected chi connectivity index (χ3v) is 5.37. The van der Waals surface area contributed by atoms with Crippen molar-refractivity contribution in [2.45, 2.75) is 13.8 Å². The summed E-state index contributed by atoms with van der Waals surface area (Å²) in [7, 11) is -3.65. The highest BCUT2D eigenvalue weighted by molar-refractivity contribution is 7.95. The molecule has 1 N–H and O–H groups in total. The van der Waals surface area contributed by atoms with Crippen molar-refractivity contribution in [1.29, 1.82) is 0 Å². The standard InChI is InChI=1S/C21H19N5O2S/c1-15-6-8-17(9-7-15)12-13-29(27,28)25-19-5-3-4-18(14-19)20-10-11-21-23-22-16(2)26(21)24-20/h3-14,25H,1-2H3/b13-12+. The minimum absolute atomic E-state index is 0.457. The summed E-state index contributed by atoms with van der Waals surface area (Å²) < 4.78 is 29.1. The quantitative estimate of drug-likeness (QED) is 0.545. The van der Waals surface area contributed by atoms with Crippen LogP contribution in [0.5, 0.6) is 0 Å². The van der Waals surface area contributed by atoms with Crippen LogP contribution in [-0.2, 0) is 10.0 Å². The Hall–Kier alpha value is -3.52. The fourth-order valence-electron chi connectivity index (χ4n) is 2.84. The highest BCUT2D eigenvalue weighted by Crippen LogP contribution is 2.22. The first kappa shape index (κ1) is 18.8. The van der Waals surface area contributed by atoms with Gasteiger partial charge in [-0.1, -0.05) is 42.0 Å². The largest absolute Gasteiger partial charge is 0.280 e. The van der Waals surface area contributed by atoms with Crippen molar-refractivity contribution in [3.8, 4) is 11.3 Å². The van der Waals surface area contributed by atoms with Crippen LogP contribution < -0.4 is 4.72 Å². The summed E-state index contributed by atoms with van der Waals surface area (Å²) in [5.41, 5.74) is 4.52. The number of aromatic nitrogens is 4. The van der Waals surface area contributed by atoms with Crippen LogP contribution in [0.2, 0.25) is 0 Å². The van der Waals surface area contributed by atoms with E-state index in [-0.39, 0.29) is 0 Å². The fraction of sp³-hybridized carbons (Fsp3) is 0.0952. The van der Waals surface area contributed by atoms with Gasteiger partial charge in [0.05, 0.1) is 11.1 Å². The molecule has 2 aromatic carbocycles. The maximum absolute atomic E-state index is 12.4. The molecule has 7 nitrogen and oxygen atoms in total. The molecule has 29 heavy (non-hydrogen) atoms. The van der Waals surface area contributed by atoms with Gasteiger partial charge in [-0.2, -0.15) is 9.61 Å². The average Bonchev–Trinajstić information content (AvgIpc) is 3.08. The summed E-state index contributed by atoms with van der Waals surface area (Å²) in [6, 6.07) is 18.4. The van der Waals surface area contributed by atoms with E-state index in [9.17, 15) is 8.42 Å². The molecule has 0 atom stereocenters. The lowest BCUT2D eigenvalue weighted by atomic mass is 10.1. The Labute approximate surface area is 168 Å². The normalized spacial score (nSPS) is 11.9. The Bertz CT molecular complexity index is 1310. The lowest BCUT2D eigenvalue weighted by Crippen LogP contribution is -2.08. The van der Waals surface area contributed by atoms with Gasteiger partial charge in [0.15, 0.2) is 11.5 Å². The maximum atomic E-state index is 12.4. The van der Waals surface area contributed by atoms with Crippen LogP contribution in [0.3, 0.4) is 0 Å². The zero-order valence-electron chi connectivity index (χ0n) is 15.9. The molecule has 0 unspecified atom stereocenters. The Kier molecular flexibility index (Phi) is 4.85. The summed E-state index contributed by atoms with van der Waals surface area (Å²) in [5, 5.41) is 13.7. The third kappa shape index (κ3) is 4.33. The van der Waals surface area contributed by atoms with E-state index in [1.807, 2.05) is 56.3 Å². The molecule has 0 saturated heterocycles. The molecule has 0 aliphatic heterocycles. The smallest absolute Gasteiger partial charge is 0.255 e. The van der Waals surface area contributed by atoms with E-state index in [4.69, 9.17) is 0 Å². The van der Waals surface area contributed by atoms with Gasteiger partial charge in [0.25, 0.3) is 10.0 Å². The van der Waals surface area contributed by atoms with Gasteiger partial charge >= 0.3 is 0 Å². The Morgan fingerprint density at radius 2 is 1.76 bits per heavy atom. The van der Waals surface area contributed by atoms with Crippen molar-refractivity contribution in [3.05, 3.63) is 83.0 Å². The van der Waals surface area contributed by atoms with Crippen LogP contribution in [0.1, 0.15) is 17.0 Å². The van der Waals surface area contributed by atoms with Crippen LogP contribution >= 0.6 is 0 Å². The van der Waals surface area contributed by atoms with E-state index in [0.29, 0.717) is 22.9 Å². The van der Waals surface area contributed by atoms with Crippen molar-refractivity contribution in [2.75, 3.05) is 4.72 Å². The summed E-state index contributed by atoms with van der Waals surface area (Å²) in [5.74, 6) is 0.681. The molecule has 0 saturated carbocycles. The topological polar surface area (TPSA) is 89.2 Å². The van der Waals surface area contributed by atoms with Crippen molar-refractivity contribution < 1.29 is 8.42 Å². The number of aryl methyl sites for hydroxylation is 2. The maximum Gasteiger partial charge on any atom is 0.255 e. The lowest BCUT2D eigenvalue weighted by molar-refractivity contribution is 0.609. The molecule has 0 aliphatic carbocycles. The van der Waals surface area contributed by atoms with Crippen molar-refractivity contribution in [1.82, 2.24) is 19.8 Å². The second-order valence-corrected chi connectivity index (χ2v) is 8.24. The molecular weight excluding hydrogens is 386 g/mol. The molecule has 2 aromatic heterocycles. The van der Waals surface area contributed by atoms with E-state index in [1.165, 1.54) is 0 Å². The molecule has 4 rings (SSSR count). The number of hydrogen-bond acceptors (Lipinski definition) is 5. The van der Waals surface area contributed by atoms with E-state index in [0.717, 1.165) is 22.1 Å². The molecule has 0 bridgehead atoms. The minimum atomic E-state index is -3.65. The number of rotatable bonds is 5. The molecule has 146 valence electrons. The van der Waals surface area contributed by atoms with Gasteiger partial charge in [-0.05, 0) is 49.8 Å². The monoisotopic (exact) mass is 405 g/mol. The SMILES string of the molecule is Cc1ccc(/C=C/S(=O)(=O)Nc2cccc(-c3ccc4nnc(C)n4n3)c2)cc1. The van der Waals surface area contributed by atoms with E-state index < -0.39 is 10.0 Å². The molecule has 0 aliphatic rings. The third-order valence-electron chi connectivity index (χ3n) is 4.35. The first-order valence-corrected chi connectivity index (χ1v) is 10.5. The van der Waals surface area contributed by atoms with Crippen LogP contribution in [0.15, 0.2) is 66.1 Å². The van der Waals surface area contributed by atoms with Gasteiger partial charge in [0, 0.05) is 11.3 Å². The number of benzene rings is 2. The number of hydrogen-bond donors (Lipinski definition) is 1. The molecule has 8 heteroatoms. The van der Waals surface area contributed by atoms with E-state index in [1.54, 1.807) is 28.8 Å². The zero-order valence-corrected chi connectivity index (χ0v) is 16.8. The van der Waals surface area contributed by atoms with Crippen LogP contribution in [0.4, 0.5) is 5.69 Å². The van der Waals surface area contributed by atoms with Crippen molar-refractivity contribution in [3.63, 3.8) is 0 Å². The molecule has 0 amide bonds. The van der Waals surface area contributed by atoms with Gasteiger partial charge in [-0.3, -0.25) is 4.72 Å². The van der Waals surface area contributed by atoms with Crippen LogP contribution in [0.25, 0.3) is 23.0 Å². The predicted octanol–water partition coefficient (Wildman–Crippen LogP) is 3.82. The highest BCUT2D eigenvalue weighted by atomic mass is 32.2. The number of sulfonamides is 1. The molecule has 2 heterocycles. The second-order valence-electron chi connectivity index (χ2n) is 6.68. The minimum Gasteiger partial charge on any atom is -0.280 e. The molecule has 0 fully saturated rings. The van der Waals surface area contributed by atoms with Gasteiger partial charge in [0.1, 0.15) is 0 Å². The number of nitrogens with zero attached hydrogens (tertiary/aromatic N) is 4.